The molecule has 1 saturated heterocycles. The van der Waals surface area contributed by atoms with Crippen LogP contribution in [0, 0.1) is 0 Å². The third-order valence-electron chi connectivity index (χ3n) is 5.90. The number of rotatable bonds is 6. The van der Waals surface area contributed by atoms with Crippen molar-refractivity contribution in [3.8, 4) is 0 Å². The molecule has 0 aliphatic carbocycles. The molecule has 1 aliphatic heterocycles. The first-order valence-corrected chi connectivity index (χ1v) is 11.8. The number of nitrogens with zero attached hydrogens (tertiary/aromatic N) is 4. The second kappa shape index (κ2) is 9.51. The van der Waals surface area contributed by atoms with Gasteiger partial charge in [0.1, 0.15) is 5.82 Å². The van der Waals surface area contributed by atoms with E-state index in [2.05, 4.69) is 62.5 Å². The Kier molecular flexibility index (Phi) is 6.74. The molecule has 0 atom stereocenters. The zero-order valence-corrected chi connectivity index (χ0v) is 20.0. The topological polar surface area (TPSA) is 53.4 Å². The van der Waals surface area contributed by atoms with Crippen LogP contribution in [0.1, 0.15) is 43.0 Å². The summed E-state index contributed by atoms with van der Waals surface area (Å²) in [5.41, 5.74) is 3.41. The van der Waals surface area contributed by atoms with Gasteiger partial charge in [-0.3, -0.25) is 9.69 Å². The number of halogens is 1. The summed E-state index contributed by atoms with van der Waals surface area (Å²) in [6.45, 7) is 13.0. The molecule has 3 aromatic rings. The van der Waals surface area contributed by atoms with Crippen molar-refractivity contribution in [2.24, 2.45) is 0 Å². The Morgan fingerprint density at radius 2 is 1.84 bits per heavy atom. The molecule has 2 heterocycles. The van der Waals surface area contributed by atoms with E-state index in [4.69, 9.17) is 4.98 Å². The first-order valence-electron chi connectivity index (χ1n) is 11.0. The van der Waals surface area contributed by atoms with E-state index in [0.717, 1.165) is 66.3 Å². The Hall–Kier alpha value is -2.22. The van der Waals surface area contributed by atoms with Crippen molar-refractivity contribution in [3.63, 3.8) is 0 Å². The molecule has 1 N–H and O–H groups in total. The predicted octanol–water partition coefficient (Wildman–Crippen LogP) is 4.77. The van der Waals surface area contributed by atoms with Gasteiger partial charge in [-0.05, 0) is 56.8 Å². The van der Waals surface area contributed by atoms with Gasteiger partial charge in [0, 0.05) is 47.9 Å². The highest BCUT2D eigenvalue weighted by atomic mass is 79.9. The van der Waals surface area contributed by atoms with Gasteiger partial charge in [-0.1, -0.05) is 28.9 Å². The molecule has 1 aromatic heterocycles. The second-order valence-electron chi connectivity index (χ2n) is 8.37. The largest absolute Gasteiger partial charge is 0.324 e. The number of aromatic nitrogens is 2. The highest BCUT2D eigenvalue weighted by Gasteiger charge is 2.20. The maximum Gasteiger partial charge on any atom is 0.255 e. The molecular weight excluding hydrogens is 454 g/mol. The van der Waals surface area contributed by atoms with Gasteiger partial charge in [-0.2, -0.15) is 0 Å². The fraction of sp³-hybridized carbons (Fsp3) is 0.417. The predicted molar refractivity (Wildman–Crippen MR) is 130 cm³/mol. The molecule has 31 heavy (non-hydrogen) atoms. The molecule has 4 rings (SSSR count). The van der Waals surface area contributed by atoms with Gasteiger partial charge < -0.3 is 14.8 Å². The molecule has 2 aromatic carbocycles. The molecule has 0 spiro atoms. The minimum absolute atomic E-state index is 0.127. The molecule has 0 saturated carbocycles. The lowest BCUT2D eigenvalue weighted by atomic mass is 10.2. The minimum Gasteiger partial charge on any atom is -0.324 e. The summed E-state index contributed by atoms with van der Waals surface area (Å²) >= 11 is 3.42. The van der Waals surface area contributed by atoms with Crippen LogP contribution in [-0.2, 0) is 6.54 Å². The molecular formula is C24H30BrN5O. The van der Waals surface area contributed by atoms with Gasteiger partial charge in [0.15, 0.2) is 0 Å². The van der Waals surface area contributed by atoms with E-state index in [9.17, 15) is 4.79 Å². The quantitative estimate of drug-likeness (QED) is 0.548. The van der Waals surface area contributed by atoms with Crippen molar-refractivity contribution in [2.75, 3.05) is 38.0 Å². The Labute approximate surface area is 192 Å². The number of anilines is 1. The van der Waals surface area contributed by atoms with Gasteiger partial charge in [0.25, 0.3) is 5.91 Å². The van der Waals surface area contributed by atoms with Crippen LogP contribution in [0.2, 0.25) is 0 Å². The van der Waals surface area contributed by atoms with E-state index in [1.807, 2.05) is 36.4 Å². The molecule has 0 unspecified atom stereocenters. The summed E-state index contributed by atoms with van der Waals surface area (Å²) in [4.78, 5) is 22.6. The number of imidazole rings is 1. The highest BCUT2D eigenvalue weighted by Crippen LogP contribution is 2.25. The van der Waals surface area contributed by atoms with Gasteiger partial charge in [-0.15, -0.1) is 0 Å². The zero-order valence-electron chi connectivity index (χ0n) is 18.4. The number of hydrogen-bond acceptors (Lipinski definition) is 4. The van der Waals surface area contributed by atoms with Crippen molar-refractivity contribution in [3.05, 3.63) is 58.3 Å². The number of hydrogen-bond donors (Lipinski definition) is 1. The SMILES string of the molecule is CCN1CCN(Cc2nc3cc(NC(=O)c4cccc(Br)c4)ccc3n2C(C)C)CC1. The van der Waals surface area contributed by atoms with Gasteiger partial charge in [0.05, 0.1) is 17.6 Å². The summed E-state index contributed by atoms with van der Waals surface area (Å²) < 4.78 is 3.21. The Morgan fingerprint density at radius 1 is 1.10 bits per heavy atom. The molecule has 0 bridgehead atoms. The average molecular weight is 484 g/mol. The fourth-order valence-corrected chi connectivity index (χ4v) is 4.61. The monoisotopic (exact) mass is 483 g/mol. The van der Waals surface area contributed by atoms with Crippen molar-refractivity contribution in [1.82, 2.24) is 19.4 Å². The summed E-state index contributed by atoms with van der Waals surface area (Å²) in [5.74, 6) is 0.961. The van der Waals surface area contributed by atoms with E-state index >= 15 is 0 Å². The molecule has 7 heteroatoms. The number of carbonyl (C=O) groups excluding carboxylic acids is 1. The van der Waals surface area contributed by atoms with E-state index in [0.29, 0.717) is 11.6 Å². The van der Waals surface area contributed by atoms with Gasteiger partial charge in [0.2, 0.25) is 0 Å². The summed E-state index contributed by atoms with van der Waals surface area (Å²) in [6, 6.07) is 13.7. The van der Waals surface area contributed by atoms with Crippen LogP contribution in [-0.4, -0.2) is 58.0 Å². The van der Waals surface area contributed by atoms with Gasteiger partial charge in [-0.25, -0.2) is 4.98 Å². The number of carbonyl (C=O) groups is 1. The standard InChI is InChI=1S/C24H30BrN5O/c1-4-28-10-12-29(13-11-28)16-23-27-21-15-20(8-9-22(21)30(23)17(2)3)26-24(31)18-6-5-7-19(25)14-18/h5-9,14-15,17H,4,10-13,16H2,1-3H3,(H,26,31). The maximum absolute atomic E-state index is 12.6. The highest BCUT2D eigenvalue weighted by molar-refractivity contribution is 9.10. The first-order chi connectivity index (χ1) is 14.9. The summed E-state index contributed by atoms with van der Waals surface area (Å²) in [6.07, 6.45) is 0. The molecule has 0 radical (unpaired) electrons. The number of likely N-dealkylation sites (N-methyl/N-ethyl adjacent to an activating group) is 1. The van der Waals surface area contributed by atoms with Crippen LogP contribution in [0.3, 0.4) is 0 Å². The fourth-order valence-electron chi connectivity index (χ4n) is 4.21. The molecule has 1 amide bonds. The van der Waals surface area contributed by atoms with Crippen molar-refractivity contribution >= 4 is 38.6 Å². The number of nitrogens with one attached hydrogen (secondary N) is 1. The normalized spacial score (nSPS) is 15.6. The maximum atomic E-state index is 12.6. The number of piperazine rings is 1. The van der Waals surface area contributed by atoms with Crippen LogP contribution in [0.15, 0.2) is 46.9 Å². The van der Waals surface area contributed by atoms with Crippen molar-refractivity contribution in [2.45, 2.75) is 33.4 Å². The summed E-state index contributed by atoms with van der Waals surface area (Å²) in [7, 11) is 0. The molecule has 1 fully saturated rings. The third kappa shape index (κ3) is 5.00. The van der Waals surface area contributed by atoms with E-state index < -0.39 is 0 Å². The van der Waals surface area contributed by atoms with Crippen LogP contribution >= 0.6 is 15.9 Å². The molecule has 6 nitrogen and oxygen atoms in total. The lowest BCUT2D eigenvalue weighted by Crippen LogP contribution is -2.45. The third-order valence-corrected chi connectivity index (χ3v) is 6.39. The van der Waals surface area contributed by atoms with Gasteiger partial charge >= 0.3 is 0 Å². The smallest absolute Gasteiger partial charge is 0.255 e. The van der Waals surface area contributed by atoms with Crippen molar-refractivity contribution < 1.29 is 4.79 Å². The second-order valence-corrected chi connectivity index (χ2v) is 9.29. The number of fused-ring (bicyclic) bond motifs is 1. The van der Waals surface area contributed by atoms with Crippen LogP contribution in [0.5, 0.6) is 0 Å². The Balaban J connectivity index is 1.56. The van der Waals surface area contributed by atoms with E-state index in [1.54, 1.807) is 0 Å². The van der Waals surface area contributed by atoms with Crippen LogP contribution in [0.25, 0.3) is 11.0 Å². The molecule has 164 valence electrons. The van der Waals surface area contributed by atoms with E-state index in [1.165, 1.54) is 0 Å². The number of amides is 1. The first kappa shape index (κ1) is 22.0. The Morgan fingerprint density at radius 3 is 2.52 bits per heavy atom. The van der Waals surface area contributed by atoms with Crippen LogP contribution < -0.4 is 5.32 Å². The van der Waals surface area contributed by atoms with Crippen molar-refractivity contribution in [1.29, 1.82) is 0 Å². The van der Waals surface area contributed by atoms with E-state index in [-0.39, 0.29) is 5.91 Å². The minimum atomic E-state index is -0.127. The Bertz CT molecular complexity index is 1070. The van der Waals surface area contributed by atoms with Crippen LogP contribution in [0.4, 0.5) is 5.69 Å². The number of benzene rings is 2. The molecule has 1 aliphatic rings. The summed E-state index contributed by atoms with van der Waals surface area (Å²) in [5, 5.41) is 3.00. The lowest BCUT2D eigenvalue weighted by Gasteiger charge is -2.34. The zero-order chi connectivity index (χ0) is 22.0. The lowest BCUT2D eigenvalue weighted by molar-refractivity contribution is 0.102. The average Bonchev–Trinajstić information content (AvgIpc) is 3.11.